The standard InChI is InChI=1S/C17H20N4O3/c1-9-7-10(2)13(11(3)8-9)21-16(22)12(4)24-17(23)14-15(18)20-6-5-19-14/h5-8,12H,1-4H3,(H2,18,20)(H,21,22)/t12-/m0/s1. The van der Waals surface area contributed by atoms with Crippen LogP contribution in [0.15, 0.2) is 24.5 Å². The van der Waals surface area contributed by atoms with Crippen molar-refractivity contribution in [1.29, 1.82) is 0 Å². The topological polar surface area (TPSA) is 107 Å². The number of aromatic nitrogens is 2. The summed E-state index contributed by atoms with van der Waals surface area (Å²) in [6.45, 7) is 7.29. The first kappa shape index (κ1) is 17.4. The third-order valence-electron chi connectivity index (χ3n) is 3.50. The van der Waals surface area contributed by atoms with Crippen molar-refractivity contribution in [2.24, 2.45) is 0 Å². The highest BCUT2D eigenvalue weighted by Gasteiger charge is 2.22. The number of benzene rings is 1. The maximum atomic E-state index is 12.3. The third-order valence-corrected chi connectivity index (χ3v) is 3.50. The fourth-order valence-electron chi connectivity index (χ4n) is 2.38. The normalized spacial score (nSPS) is 11.7. The van der Waals surface area contributed by atoms with E-state index in [9.17, 15) is 9.59 Å². The minimum absolute atomic E-state index is 0.0414. The van der Waals surface area contributed by atoms with Crippen LogP contribution < -0.4 is 11.1 Å². The fraction of sp³-hybridized carbons (Fsp3) is 0.294. The second-order valence-corrected chi connectivity index (χ2v) is 5.60. The largest absolute Gasteiger partial charge is 0.448 e. The highest BCUT2D eigenvalue weighted by Crippen LogP contribution is 2.22. The first-order valence-corrected chi connectivity index (χ1v) is 7.45. The van der Waals surface area contributed by atoms with E-state index in [0.29, 0.717) is 5.69 Å². The molecule has 7 heteroatoms. The van der Waals surface area contributed by atoms with Gasteiger partial charge in [0.25, 0.3) is 5.91 Å². The molecule has 1 heterocycles. The van der Waals surface area contributed by atoms with Gasteiger partial charge in [0.05, 0.1) is 0 Å². The van der Waals surface area contributed by atoms with Gasteiger partial charge in [-0.25, -0.2) is 14.8 Å². The van der Waals surface area contributed by atoms with Crippen molar-refractivity contribution in [2.45, 2.75) is 33.8 Å². The molecule has 2 aromatic rings. The molecule has 126 valence electrons. The molecule has 0 unspecified atom stereocenters. The molecule has 2 rings (SSSR count). The molecule has 0 aliphatic heterocycles. The number of hydrogen-bond acceptors (Lipinski definition) is 6. The highest BCUT2D eigenvalue weighted by molar-refractivity contribution is 5.98. The molecule has 0 bridgehead atoms. The number of ether oxygens (including phenoxy) is 1. The number of nitrogens with two attached hydrogens (primary N) is 1. The summed E-state index contributed by atoms with van der Waals surface area (Å²) in [4.78, 5) is 31.9. The molecule has 7 nitrogen and oxygen atoms in total. The molecule has 0 saturated carbocycles. The number of esters is 1. The summed E-state index contributed by atoms with van der Waals surface area (Å²) in [5.41, 5.74) is 9.18. The average molecular weight is 328 g/mol. The number of hydrogen-bond donors (Lipinski definition) is 2. The molecule has 1 aromatic carbocycles. The maximum absolute atomic E-state index is 12.3. The Kier molecular flexibility index (Phi) is 5.13. The van der Waals surface area contributed by atoms with Crippen LogP contribution in [0.3, 0.4) is 0 Å². The molecule has 3 N–H and O–H groups in total. The lowest BCUT2D eigenvalue weighted by Crippen LogP contribution is -2.31. The van der Waals surface area contributed by atoms with Gasteiger partial charge in [0.1, 0.15) is 0 Å². The number of amides is 1. The Morgan fingerprint density at radius 1 is 1.12 bits per heavy atom. The van der Waals surface area contributed by atoms with Crippen molar-refractivity contribution < 1.29 is 14.3 Å². The molecule has 0 aliphatic rings. The minimum Gasteiger partial charge on any atom is -0.448 e. The van der Waals surface area contributed by atoms with Gasteiger partial charge in [-0.3, -0.25) is 4.79 Å². The van der Waals surface area contributed by atoms with Crippen molar-refractivity contribution in [3.8, 4) is 0 Å². The van der Waals surface area contributed by atoms with Crippen molar-refractivity contribution in [3.63, 3.8) is 0 Å². The van der Waals surface area contributed by atoms with Crippen LogP contribution in [0, 0.1) is 20.8 Å². The van der Waals surface area contributed by atoms with Crippen LogP contribution in [0.2, 0.25) is 0 Å². The predicted molar refractivity (Wildman–Crippen MR) is 90.6 cm³/mol. The van der Waals surface area contributed by atoms with Gasteiger partial charge >= 0.3 is 5.97 Å². The number of anilines is 2. The monoisotopic (exact) mass is 328 g/mol. The van der Waals surface area contributed by atoms with Gasteiger partial charge in [-0.2, -0.15) is 0 Å². The molecule has 0 aliphatic carbocycles. The number of carbonyl (C=O) groups is 2. The summed E-state index contributed by atoms with van der Waals surface area (Å²) in [6, 6.07) is 3.94. The van der Waals surface area contributed by atoms with Crippen molar-refractivity contribution >= 4 is 23.4 Å². The summed E-state index contributed by atoms with van der Waals surface area (Å²) in [5, 5.41) is 2.79. The van der Waals surface area contributed by atoms with E-state index in [1.807, 2.05) is 32.9 Å². The van der Waals surface area contributed by atoms with E-state index in [1.54, 1.807) is 0 Å². The van der Waals surface area contributed by atoms with Crippen LogP contribution >= 0.6 is 0 Å². The fourth-order valence-corrected chi connectivity index (χ4v) is 2.38. The van der Waals surface area contributed by atoms with Crippen LogP contribution in [0.1, 0.15) is 34.1 Å². The van der Waals surface area contributed by atoms with Crippen LogP contribution in [-0.4, -0.2) is 27.9 Å². The van der Waals surface area contributed by atoms with Crippen molar-refractivity contribution in [1.82, 2.24) is 9.97 Å². The van der Waals surface area contributed by atoms with Crippen LogP contribution in [0.5, 0.6) is 0 Å². The van der Waals surface area contributed by atoms with E-state index in [0.717, 1.165) is 16.7 Å². The predicted octanol–water partition coefficient (Wildman–Crippen LogP) is 2.17. The summed E-state index contributed by atoms with van der Waals surface area (Å²) in [6.07, 6.45) is 1.70. The Morgan fingerprint density at radius 3 is 2.29 bits per heavy atom. The Hall–Kier alpha value is -2.96. The van der Waals surface area contributed by atoms with Crippen molar-refractivity contribution in [3.05, 3.63) is 46.9 Å². The molecule has 0 spiro atoms. The summed E-state index contributed by atoms with van der Waals surface area (Å²) < 4.78 is 5.12. The number of rotatable bonds is 4. The van der Waals surface area contributed by atoms with Crippen LogP contribution in [-0.2, 0) is 9.53 Å². The number of nitrogen functional groups attached to an aromatic ring is 1. The Morgan fingerprint density at radius 2 is 1.71 bits per heavy atom. The van der Waals surface area contributed by atoms with E-state index in [1.165, 1.54) is 19.3 Å². The smallest absolute Gasteiger partial charge is 0.361 e. The quantitative estimate of drug-likeness (QED) is 0.833. The molecular weight excluding hydrogens is 308 g/mol. The molecule has 0 fully saturated rings. The van der Waals surface area contributed by atoms with Gasteiger partial charge < -0.3 is 15.8 Å². The molecule has 0 radical (unpaired) electrons. The Bertz CT molecular complexity index is 766. The summed E-state index contributed by atoms with van der Waals surface area (Å²) >= 11 is 0. The van der Waals surface area contributed by atoms with Gasteiger partial charge in [-0.05, 0) is 38.8 Å². The number of aryl methyl sites for hydroxylation is 3. The summed E-state index contributed by atoms with van der Waals surface area (Å²) in [5.74, 6) is -1.26. The van der Waals surface area contributed by atoms with E-state index in [4.69, 9.17) is 10.5 Å². The zero-order valence-corrected chi connectivity index (χ0v) is 14.1. The van der Waals surface area contributed by atoms with Gasteiger partial charge in [-0.1, -0.05) is 17.7 Å². The lowest BCUT2D eigenvalue weighted by Gasteiger charge is -2.16. The molecule has 1 aromatic heterocycles. The third kappa shape index (κ3) is 3.87. The first-order chi connectivity index (χ1) is 11.3. The van der Waals surface area contributed by atoms with E-state index >= 15 is 0 Å². The van der Waals surface area contributed by atoms with E-state index < -0.39 is 18.0 Å². The SMILES string of the molecule is Cc1cc(C)c(NC(=O)[C@H](C)OC(=O)c2nccnc2N)c(C)c1. The zero-order valence-electron chi connectivity index (χ0n) is 14.1. The van der Waals surface area contributed by atoms with E-state index in [2.05, 4.69) is 15.3 Å². The van der Waals surface area contributed by atoms with Crippen LogP contribution in [0.4, 0.5) is 11.5 Å². The Balaban J connectivity index is 2.08. The van der Waals surface area contributed by atoms with Crippen LogP contribution in [0.25, 0.3) is 0 Å². The highest BCUT2D eigenvalue weighted by atomic mass is 16.5. The van der Waals surface area contributed by atoms with Gasteiger partial charge in [0.15, 0.2) is 17.6 Å². The molecule has 0 saturated heterocycles. The van der Waals surface area contributed by atoms with E-state index in [-0.39, 0.29) is 11.5 Å². The average Bonchev–Trinajstić information content (AvgIpc) is 2.50. The molecular formula is C17H20N4O3. The number of carbonyl (C=O) groups excluding carboxylic acids is 2. The molecule has 1 amide bonds. The molecule has 24 heavy (non-hydrogen) atoms. The van der Waals surface area contributed by atoms with Crippen molar-refractivity contribution in [2.75, 3.05) is 11.1 Å². The minimum atomic E-state index is -1.00. The zero-order chi connectivity index (χ0) is 17.9. The van der Waals surface area contributed by atoms with Gasteiger partial charge in [0, 0.05) is 18.1 Å². The first-order valence-electron chi connectivity index (χ1n) is 7.45. The maximum Gasteiger partial charge on any atom is 0.361 e. The van der Waals surface area contributed by atoms with Gasteiger partial charge in [0.2, 0.25) is 0 Å². The molecule has 1 atom stereocenters. The second kappa shape index (κ2) is 7.08. The summed E-state index contributed by atoms with van der Waals surface area (Å²) in [7, 11) is 0. The number of nitrogens with zero attached hydrogens (tertiary/aromatic N) is 2. The van der Waals surface area contributed by atoms with Gasteiger partial charge in [-0.15, -0.1) is 0 Å². The second-order valence-electron chi connectivity index (χ2n) is 5.60. The lowest BCUT2D eigenvalue weighted by molar-refractivity contribution is -0.123. The Labute approximate surface area is 140 Å². The number of nitrogens with one attached hydrogen (secondary N) is 1. The lowest BCUT2D eigenvalue weighted by atomic mass is 10.0.